The number of hydrogen-bond acceptors (Lipinski definition) is 8. The number of aromatic nitrogens is 1. The molecule has 0 bridgehead atoms. The van der Waals surface area contributed by atoms with Crippen LogP contribution in [0.4, 0.5) is 5.82 Å². The molecule has 9 nitrogen and oxygen atoms in total. The van der Waals surface area contributed by atoms with Crippen LogP contribution in [0.1, 0.15) is 33.4 Å². The summed E-state index contributed by atoms with van der Waals surface area (Å²) < 4.78 is 0. The summed E-state index contributed by atoms with van der Waals surface area (Å²) in [6.45, 7) is 8.35. The van der Waals surface area contributed by atoms with Gasteiger partial charge in [-0.05, 0) is 26.0 Å². The Hall–Kier alpha value is -3.25. The predicted octanol–water partition coefficient (Wildman–Crippen LogP) is 0.325. The van der Waals surface area contributed by atoms with Crippen molar-refractivity contribution in [1.82, 2.24) is 10.3 Å². The lowest BCUT2D eigenvalue weighted by molar-refractivity contribution is -0.114. The summed E-state index contributed by atoms with van der Waals surface area (Å²) in [5.74, 6) is -0.160. The van der Waals surface area contributed by atoms with E-state index >= 15 is 0 Å². The molecule has 0 spiro atoms. The third-order valence-corrected chi connectivity index (χ3v) is 3.26. The van der Waals surface area contributed by atoms with Crippen LogP contribution in [0.25, 0.3) is 0 Å². The predicted molar refractivity (Wildman–Crippen MR) is 108 cm³/mol. The fourth-order valence-electron chi connectivity index (χ4n) is 1.78. The maximum absolute atomic E-state index is 11.4. The van der Waals surface area contributed by atoms with Crippen molar-refractivity contribution in [2.24, 2.45) is 22.9 Å². The molecule has 1 aromatic heterocycles. The molecule has 0 fully saturated rings. The number of rotatable bonds is 8. The molecule has 0 unspecified atom stereocenters. The fraction of sp³-hybridized carbons (Fsp3) is 0.389. The molecule has 0 aromatic carbocycles. The third kappa shape index (κ3) is 7.66. The van der Waals surface area contributed by atoms with Crippen molar-refractivity contribution in [2.45, 2.75) is 33.1 Å². The van der Waals surface area contributed by atoms with Crippen LogP contribution >= 0.6 is 0 Å². The smallest absolute Gasteiger partial charge is 0.266 e. The van der Waals surface area contributed by atoms with Crippen molar-refractivity contribution in [3.63, 3.8) is 0 Å². The largest absolute Gasteiger partial charge is 0.393 e. The molecule has 0 aliphatic heterocycles. The molecule has 1 amide bonds. The maximum atomic E-state index is 11.4. The Kier molecular flexibility index (Phi) is 10.0. The standard InChI is InChI=1S/C16H24N8O.C2H6/c1-16(2,9-18)11-4-3-5-13(24-11)23-10(14(20)15(21)25)8-12(19)22-7-6-17;1-2/h3-5,8,22H,6-7,17,19-20H2,1-2H3,(H2,21,25)(H,23,24);1-2H3/b12-8+,14-10+;. The number of amides is 1. The Morgan fingerprint density at radius 3 is 2.44 bits per heavy atom. The van der Waals surface area contributed by atoms with Crippen LogP contribution in [0.3, 0.4) is 0 Å². The average Bonchev–Trinajstić information content (AvgIpc) is 2.67. The molecule has 9 heteroatoms. The monoisotopic (exact) mass is 374 g/mol. The van der Waals surface area contributed by atoms with Crippen LogP contribution in [-0.4, -0.2) is 24.0 Å². The first kappa shape index (κ1) is 23.8. The van der Waals surface area contributed by atoms with E-state index in [-0.39, 0.29) is 17.2 Å². The summed E-state index contributed by atoms with van der Waals surface area (Å²) in [6.07, 6.45) is 1.43. The highest BCUT2D eigenvalue weighted by molar-refractivity contribution is 5.92. The molecule has 0 saturated carbocycles. The topological polar surface area (TPSA) is 182 Å². The molecule has 1 heterocycles. The number of nitrogens with zero attached hydrogens (tertiary/aromatic N) is 2. The highest BCUT2D eigenvalue weighted by Crippen LogP contribution is 2.22. The second-order valence-corrected chi connectivity index (χ2v) is 5.78. The van der Waals surface area contributed by atoms with E-state index in [2.05, 4.69) is 21.7 Å². The van der Waals surface area contributed by atoms with E-state index in [1.165, 1.54) is 6.08 Å². The first-order chi connectivity index (χ1) is 12.7. The minimum Gasteiger partial charge on any atom is -0.393 e. The Labute approximate surface area is 160 Å². The van der Waals surface area contributed by atoms with Gasteiger partial charge in [-0.15, -0.1) is 0 Å². The summed E-state index contributed by atoms with van der Waals surface area (Å²) in [7, 11) is 0. The van der Waals surface area contributed by atoms with Gasteiger partial charge in [0.05, 0.1) is 28.7 Å². The quantitative estimate of drug-likeness (QED) is 0.278. The number of carbonyl (C=O) groups excluding carboxylic acids is 1. The molecular weight excluding hydrogens is 344 g/mol. The van der Waals surface area contributed by atoms with E-state index in [9.17, 15) is 10.1 Å². The summed E-state index contributed by atoms with van der Waals surface area (Å²) in [5.41, 5.74) is 22.0. The number of allylic oxidation sites excluding steroid dienone is 1. The number of carbonyl (C=O) groups is 1. The van der Waals surface area contributed by atoms with Gasteiger partial charge in [0, 0.05) is 19.2 Å². The molecule has 0 radical (unpaired) electrons. The van der Waals surface area contributed by atoms with E-state index in [1.807, 2.05) is 13.8 Å². The van der Waals surface area contributed by atoms with Crippen LogP contribution in [0.2, 0.25) is 0 Å². The van der Waals surface area contributed by atoms with Crippen molar-refractivity contribution >= 4 is 11.7 Å². The number of pyridine rings is 1. The number of nitrogens with one attached hydrogen (secondary N) is 2. The number of primary amides is 1. The number of hydrogen-bond donors (Lipinski definition) is 6. The Bertz CT molecular complexity index is 731. The highest BCUT2D eigenvalue weighted by Gasteiger charge is 2.21. The van der Waals surface area contributed by atoms with Gasteiger partial charge in [0.2, 0.25) is 0 Å². The Morgan fingerprint density at radius 2 is 1.93 bits per heavy atom. The van der Waals surface area contributed by atoms with E-state index in [0.717, 1.165) is 0 Å². The molecule has 0 aliphatic rings. The van der Waals surface area contributed by atoms with Crippen LogP contribution in [0, 0.1) is 11.3 Å². The van der Waals surface area contributed by atoms with Gasteiger partial charge in [0.1, 0.15) is 11.5 Å². The van der Waals surface area contributed by atoms with Crippen LogP contribution in [-0.2, 0) is 10.2 Å². The van der Waals surface area contributed by atoms with Gasteiger partial charge in [0.15, 0.2) is 0 Å². The zero-order chi connectivity index (χ0) is 21.0. The van der Waals surface area contributed by atoms with Crippen LogP contribution < -0.4 is 33.6 Å². The minimum absolute atomic E-state index is 0.189. The first-order valence-corrected chi connectivity index (χ1v) is 8.57. The van der Waals surface area contributed by atoms with E-state index in [0.29, 0.717) is 24.6 Å². The second kappa shape index (κ2) is 11.4. The lowest BCUT2D eigenvalue weighted by Crippen LogP contribution is -2.28. The summed E-state index contributed by atoms with van der Waals surface area (Å²) >= 11 is 0. The summed E-state index contributed by atoms with van der Waals surface area (Å²) in [6, 6.07) is 7.32. The average molecular weight is 374 g/mol. The lowest BCUT2D eigenvalue weighted by atomic mass is 9.91. The van der Waals surface area contributed by atoms with Crippen LogP contribution in [0.15, 0.2) is 41.5 Å². The maximum Gasteiger partial charge on any atom is 0.266 e. The summed E-state index contributed by atoms with van der Waals surface area (Å²) in [5, 5.41) is 15.0. The minimum atomic E-state index is -0.807. The van der Waals surface area contributed by atoms with Crippen molar-refractivity contribution in [2.75, 3.05) is 18.4 Å². The molecule has 27 heavy (non-hydrogen) atoms. The number of nitriles is 1. The van der Waals surface area contributed by atoms with Gasteiger partial charge in [-0.2, -0.15) is 5.26 Å². The van der Waals surface area contributed by atoms with Crippen molar-refractivity contribution < 1.29 is 4.79 Å². The second-order valence-electron chi connectivity index (χ2n) is 5.78. The molecule has 10 N–H and O–H groups in total. The van der Waals surface area contributed by atoms with Crippen LogP contribution in [0.5, 0.6) is 0 Å². The first-order valence-electron chi connectivity index (χ1n) is 8.57. The normalized spacial score (nSPS) is 12.1. The van der Waals surface area contributed by atoms with Gasteiger partial charge in [0.25, 0.3) is 5.91 Å². The van der Waals surface area contributed by atoms with Crippen molar-refractivity contribution in [3.8, 4) is 6.07 Å². The molecular formula is C18H30N8O. The zero-order valence-corrected chi connectivity index (χ0v) is 16.3. The van der Waals surface area contributed by atoms with Gasteiger partial charge in [-0.1, -0.05) is 19.9 Å². The SMILES string of the molecule is CC.CC(C)(C#N)c1cccc(NC(/C=C(\N)NCCN)=C(/N)C(N)=O)n1. The summed E-state index contributed by atoms with van der Waals surface area (Å²) in [4.78, 5) is 15.8. The molecule has 0 saturated heterocycles. The van der Waals surface area contributed by atoms with Crippen molar-refractivity contribution in [3.05, 3.63) is 47.2 Å². The number of anilines is 1. The van der Waals surface area contributed by atoms with E-state index in [1.54, 1.807) is 32.0 Å². The lowest BCUT2D eigenvalue weighted by Gasteiger charge is -2.17. The molecule has 1 aromatic rings. The Morgan fingerprint density at radius 1 is 1.30 bits per heavy atom. The highest BCUT2D eigenvalue weighted by atomic mass is 16.1. The van der Waals surface area contributed by atoms with Gasteiger partial charge < -0.3 is 33.6 Å². The number of nitrogens with two attached hydrogens (primary N) is 4. The molecule has 0 aliphatic carbocycles. The van der Waals surface area contributed by atoms with E-state index in [4.69, 9.17) is 22.9 Å². The molecule has 0 atom stereocenters. The molecule has 1 rings (SSSR count). The third-order valence-electron chi connectivity index (χ3n) is 3.26. The van der Waals surface area contributed by atoms with Gasteiger partial charge >= 0.3 is 0 Å². The molecule has 148 valence electrons. The zero-order valence-electron chi connectivity index (χ0n) is 16.3. The van der Waals surface area contributed by atoms with Crippen molar-refractivity contribution in [1.29, 1.82) is 5.26 Å². The van der Waals surface area contributed by atoms with E-state index < -0.39 is 11.3 Å². The fourth-order valence-corrected chi connectivity index (χ4v) is 1.78. The van der Waals surface area contributed by atoms with Gasteiger partial charge in [-0.3, -0.25) is 4.79 Å². The van der Waals surface area contributed by atoms with Gasteiger partial charge in [-0.25, -0.2) is 4.98 Å². The Balaban J connectivity index is 0.00000326.